The van der Waals surface area contributed by atoms with E-state index in [0.29, 0.717) is 0 Å². The molecule has 0 spiro atoms. The van der Waals surface area contributed by atoms with Crippen molar-refractivity contribution in [3.63, 3.8) is 0 Å². The smallest absolute Gasteiger partial charge is 0.0731 e. The summed E-state index contributed by atoms with van der Waals surface area (Å²) < 4.78 is 0. The van der Waals surface area contributed by atoms with Crippen molar-refractivity contribution in [2.75, 3.05) is 0 Å². The zero-order valence-corrected chi connectivity index (χ0v) is 8.77. The first kappa shape index (κ1) is 9.66. The molecule has 74 valence electrons. The van der Waals surface area contributed by atoms with Crippen LogP contribution in [0.25, 0.3) is 5.57 Å². The number of rotatable bonds is 2. The molecule has 1 nitrogen and oxygen atoms in total. The molecule has 0 aliphatic rings. The minimum Gasteiger partial charge on any atom is -0.256 e. The van der Waals surface area contributed by atoms with Crippen LogP contribution in [0.4, 0.5) is 0 Å². The van der Waals surface area contributed by atoms with E-state index in [2.05, 4.69) is 36.7 Å². The molecule has 2 aromatic rings. The highest BCUT2D eigenvalue weighted by Gasteiger charge is 2.05. The van der Waals surface area contributed by atoms with Gasteiger partial charge < -0.3 is 0 Å². The van der Waals surface area contributed by atoms with E-state index in [1.54, 1.807) is 6.20 Å². The Morgan fingerprint density at radius 3 is 2.47 bits per heavy atom. The number of aryl methyl sites for hydroxylation is 1. The predicted octanol–water partition coefficient (Wildman–Crippen LogP) is 3.45. The van der Waals surface area contributed by atoms with Gasteiger partial charge in [-0.05, 0) is 24.1 Å². The van der Waals surface area contributed by atoms with Gasteiger partial charge in [0.25, 0.3) is 0 Å². The lowest BCUT2D eigenvalue weighted by molar-refractivity contribution is 1.22. The maximum atomic E-state index is 4.36. The Balaban J connectivity index is 2.42. The third kappa shape index (κ3) is 1.96. The third-order valence-corrected chi connectivity index (χ3v) is 2.42. The molecule has 0 radical (unpaired) electrons. The molecule has 0 saturated carbocycles. The fourth-order valence-electron chi connectivity index (χ4n) is 1.58. The molecule has 0 N–H and O–H groups in total. The zero-order valence-electron chi connectivity index (χ0n) is 8.77. The monoisotopic (exact) mass is 195 g/mol. The molecular weight excluding hydrogens is 182 g/mol. The van der Waals surface area contributed by atoms with Gasteiger partial charge in [0.05, 0.1) is 5.69 Å². The van der Waals surface area contributed by atoms with Crippen molar-refractivity contribution >= 4 is 5.57 Å². The highest BCUT2D eigenvalue weighted by atomic mass is 14.7. The van der Waals surface area contributed by atoms with E-state index in [1.807, 2.05) is 24.3 Å². The fraction of sp³-hybridized carbons (Fsp3) is 0.0714. The van der Waals surface area contributed by atoms with E-state index in [1.165, 1.54) is 0 Å². The van der Waals surface area contributed by atoms with Gasteiger partial charge in [0.1, 0.15) is 0 Å². The van der Waals surface area contributed by atoms with E-state index in [9.17, 15) is 0 Å². The van der Waals surface area contributed by atoms with Crippen molar-refractivity contribution in [1.82, 2.24) is 4.98 Å². The van der Waals surface area contributed by atoms with Crippen molar-refractivity contribution < 1.29 is 0 Å². The summed E-state index contributed by atoms with van der Waals surface area (Å²) in [7, 11) is 0. The molecule has 1 heteroatoms. The van der Waals surface area contributed by atoms with Gasteiger partial charge in [0.2, 0.25) is 0 Å². The first-order valence-electron chi connectivity index (χ1n) is 4.95. The Kier molecular flexibility index (Phi) is 2.64. The molecule has 0 bridgehead atoms. The molecular formula is C14H13N. The van der Waals surface area contributed by atoms with Crippen LogP contribution in [-0.2, 0) is 0 Å². The van der Waals surface area contributed by atoms with E-state index < -0.39 is 0 Å². The zero-order chi connectivity index (χ0) is 10.7. The van der Waals surface area contributed by atoms with Crippen LogP contribution < -0.4 is 0 Å². The Bertz CT molecular complexity index is 472. The minimum atomic E-state index is 0.976. The average molecular weight is 195 g/mol. The fourth-order valence-corrected chi connectivity index (χ4v) is 1.58. The molecule has 2 rings (SSSR count). The molecule has 1 heterocycles. The summed E-state index contributed by atoms with van der Waals surface area (Å²) in [6, 6.07) is 14.1. The summed E-state index contributed by atoms with van der Waals surface area (Å²) in [4.78, 5) is 4.36. The van der Waals surface area contributed by atoms with Gasteiger partial charge in [-0.2, -0.15) is 0 Å². The predicted molar refractivity (Wildman–Crippen MR) is 63.6 cm³/mol. The van der Waals surface area contributed by atoms with Crippen LogP contribution >= 0.6 is 0 Å². The van der Waals surface area contributed by atoms with Gasteiger partial charge in [-0.1, -0.05) is 43.0 Å². The summed E-state index contributed by atoms with van der Waals surface area (Å²) >= 11 is 0. The van der Waals surface area contributed by atoms with Gasteiger partial charge >= 0.3 is 0 Å². The molecule has 0 fully saturated rings. The maximum absolute atomic E-state index is 4.36. The second-order valence-electron chi connectivity index (χ2n) is 3.51. The van der Waals surface area contributed by atoms with Crippen molar-refractivity contribution in [3.8, 4) is 0 Å². The number of nitrogens with zero attached hydrogens (tertiary/aromatic N) is 1. The van der Waals surface area contributed by atoms with Gasteiger partial charge in [-0.3, -0.25) is 4.98 Å². The van der Waals surface area contributed by atoms with Crippen LogP contribution in [0.1, 0.15) is 16.8 Å². The normalized spacial score (nSPS) is 9.93. The number of aromatic nitrogens is 1. The van der Waals surface area contributed by atoms with Crippen LogP contribution in [0.3, 0.4) is 0 Å². The van der Waals surface area contributed by atoms with Crippen molar-refractivity contribution in [2.45, 2.75) is 6.92 Å². The molecule has 0 unspecified atom stereocenters. The van der Waals surface area contributed by atoms with E-state index in [4.69, 9.17) is 0 Å². The van der Waals surface area contributed by atoms with Gasteiger partial charge in [0, 0.05) is 11.8 Å². The highest BCUT2D eigenvalue weighted by molar-refractivity contribution is 5.77. The first-order chi connectivity index (χ1) is 7.29. The van der Waals surface area contributed by atoms with Crippen LogP contribution in [-0.4, -0.2) is 4.98 Å². The second-order valence-corrected chi connectivity index (χ2v) is 3.51. The van der Waals surface area contributed by atoms with Gasteiger partial charge in [-0.25, -0.2) is 0 Å². The number of hydrogen-bond acceptors (Lipinski definition) is 1. The van der Waals surface area contributed by atoms with Crippen molar-refractivity contribution in [3.05, 3.63) is 72.1 Å². The quantitative estimate of drug-likeness (QED) is 0.715. The Labute approximate surface area is 90.1 Å². The van der Waals surface area contributed by atoms with E-state index >= 15 is 0 Å². The summed E-state index contributed by atoms with van der Waals surface area (Å²) in [5.41, 5.74) is 4.24. The second kappa shape index (κ2) is 4.09. The first-order valence-corrected chi connectivity index (χ1v) is 4.95. The largest absolute Gasteiger partial charge is 0.256 e. The van der Waals surface area contributed by atoms with Crippen molar-refractivity contribution in [2.24, 2.45) is 0 Å². The third-order valence-electron chi connectivity index (χ3n) is 2.42. The Hall–Kier alpha value is -1.89. The molecule has 0 aliphatic carbocycles. The Morgan fingerprint density at radius 1 is 1.07 bits per heavy atom. The van der Waals surface area contributed by atoms with E-state index in [-0.39, 0.29) is 0 Å². The molecule has 0 saturated heterocycles. The average Bonchev–Trinajstić information content (AvgIpc) is 2.30. The molecule has 0 aliphatic heterocycles. The molecule has 15 heavy (non-hydrogen) atoms. The summed E-state index contributed by atoms with van der Waals surface area (Å²) in [6.07, 6.45) is 1.80. The van der Waals surface area contributed by atoms with Gasteiger partial charge in [-0.15, -0.1) is 0 Å². The summed E-state index contributed by atoms with van der Waals surface area (Å²) in [5.74, 6) is 0. The summed E-state index contributed by atoms with van der Waals surface area (Å²) in [6.45, 7) is 6.15. The highest BCUT2D eigenvalue weighted by Crippen LogP contribution is 2.21. The van der Waals surface area contributed by atoms with Crippen LogP contribution in [0.2, 0.25) is 0 Å². The lowest BCUT2D eigenvalue weighted by Gasteiger charge is -2.07. The molecule has 1 aromatic heterocycles. The molecule has 1 aromatic carbocycles. The van der Waals surface area contributed by atoms with Gasteiger partial charge in [0.15, 0.2) is 0 Å². The number of benzene rings is 1. The van der Waals surface area contributed by atoms with E-state index in [0.717, 1.165) is 22.4 Å². The minimum absolute atomic E-state index is 0.976. The maximum Gasteiger partial charge on any atom is 0.0731 e. The van der Waals surface area contributed by atoms with Crippen LogP contribution in [0.5, 0.6) is 0 Å². The lowest BCUT2D eigenvalue weighted by atomic mass is 10.0. The molecule has 0 atom stereocenters. The topological polar surface area (TPSA) is 12.9 Å². The van der Waals surface area contributed by atoms with Crippen molar-refractivity contribution in [1.29, 1.82) is 0 Å². The number of pyridine rings is 1. The SMILES string of the molecule is C=C(c1ccccc1)c1ncccc1C. The Morgan fingerprint density at radius 2 is 1.80 bits per heavy atom. The lowest BCUT2D eigenvalue weighted by Crippen LogP contribution is -1.93. The van der Waals surface area contributed by atoms with Crippen LogP contribution in [0, 0.1) is 6.92 Å². The number of hydrogen-bond donors (Lipinski definition) is 0. The van der Waals surface area contributed by atoms with Crippen LogP contribution in [0.15, 0.2) is 55.2 Å². The summed E-state index contributed by atoms with van der Waals surface area (Å²) in [5, 5.41) is 0. The molecule has 0 amide bonds. The standard InChI is InChI=1S/C14H13N/c1-11-7-6-10-15-14(11)12(2)13-8-4-3-5-9-13/h3-10H,2H2,1H3.